The maximum atomic E-state index is 11.9. The van der Waals surface area contributed by atoms with E-state index in [1.54, 1.807) is 6.08 Å². The fourth-order valence-corrected chi connectivity index (χ4v) is 3.08. The van der Waals surface area contributed by atoms with Gasteiger partial charge in [-0.15, -0.1) is 6.58 Å². The average molecular weight is 280 g/mol. The molecular formula is C13H20N4OS. The molecule has 6 heteroatoms. The number of amides is 1. The summed E-state index contributed by atoms with van der Waals surface area (Å²) >= 11 is 1.38. The van der Waals surface area contributed by atoms with Crippen molar-refractivity contribution in [1.29, 1.82) is 0 Å². The molecule has 104 valence electrons. The number of nitrogens with zero attached hydrogens (tertiary/aromatic N) is 2. The van der Waals surface area contributed by atoms with Gasteiger partial charge in [0, 0.05) is 19.6 Å². The summed E-state index contributed by atoms with van der Waals surface area (Å²) in [7, 11) is 0. The smallest absolute Gasteiger partial charge is 0.265 e. The Bertz CT molecular complexity index is 449. The van der Waals surface area contributed by atoms with Crippen LogP contribution in [0.4, 0.5) is 10.9 Å². The SMILES string of the molecule is C=CCNC(=O)c1sc(N2CCCCCC2)nc1N. The molecule has 19 heavy (non-hydrogen) atoms. The average Bonchev–Trinajstić information content (AvgIpc) is 2.65. The van der Waals surface area contributed by atoms with Crippen LogP contribution in [-0.4, -0.2) is 30.5 Å². The predicted octanol–water partition coefficient (Wildman–Crippen LogP) is 2.02. The quantitative estimate of drug-likeness (QED) is 0.828. The zero-order valence-electron chi connectivity index (χ0n) is 11.0. The molecule has 2 heterocycles. The molecule has 0 radical (unpaired) electrons. The van der Waals surface area contributed by atoms with Crippen LogP contribution >= 0.6 is 11.3 Å². The van der Waals surface area contributed by atoms with Crippen LogP contribution in [0.2, 0.25) is 0 Å². The summed E-state index contributed by atoms with van der Waals surface area (Å²) < 4.78 is 0. The van der Waals surface area contributed by atoms with Gasteiger partial charge in [-0.3, -0.25) is 4.79 Å². The van der Waals surface area contributed by atoms with Crippen molar-refractivity contribution in [2.45, 2.75) is 25.7 Å². The van der Waals surface area contributed by atoms with Crippen LogP contribution in [0.3, 0.4) is 0 Å². The number of carbonyl (C=O) groups excluding carboxylic acids is 1. The zero-order valence-corrected chi connectivity index (χ0v) is 11.8. The maximum Gasteiger partial charge on any atom is 0.265 e. The summed E-state index contributed by atoms with van der Waals surface area (Å²) in [5.74, 6) is 0.154. The van der Waals surface area contributed by atoms with Gasteiger partial charge in [-0.05, 0) is 12.8 Å². The number of aromatic nitrogens is 1. The van der Waals surface area contributed by atoms with Crippen LogP contribution in [0.1, 0.15) is 35.4 Å². The van der Waals surface area contributed by atoms with Crippen molar-refractivity contribution >= 4 is 28.2 Å². The third-order valence-electron chi connectivity index (χ3n) is 3.13. The first-order valence-corrected chi connectivity index (χ1v) is 7.44. The van der Waals surface area contributed by atoms with Crippen molar-refractivity contribution in [2.24, 2.45) is 0 Å². The molecule has 1 amide bonds. The summed E-state index contributed by atoms with van der Waals surface area (Å²) in [6, 6.07) is 0. The molecule has 1 fully saturated rings. The lowest BCUT2D eigenvalue weighted by Gasteiger charge is -2.18. The predicted molar refractivity (Wildman–Crippen MR) is 79.7 cm³/mol. The van der Waals surface area contributed by atoms with Crippen molar-refractivity contribution < 1.29 is 4.79 Å². The van der Waals surface area contributed by atoms with Gasteiger partial charge in [0.2, 0.25) is 0 Å². The third-order valence-corrected chi connectivity index (χ3v) is 4.26. The van der Waals surface area contributed by atoms with E-state index < -0.39 is 0 Å². The van der Waals surface area contributed by atoms with Crippen molar-refractivity contribution in [3.05, 3.63) is 17.5 Å². The van der Waals surface area contributed by atoms with Gasteiger partial charge in [0.25, 0.3) is 5.91 Å². The van der Waals surface area contributed by atoms with Crippen LogP contribution in [-0.2, 0) is 0 Å². The molecule has 0 atom stereocenters. The first-order valence-electron chi connectivity index (χ1n) is 6.62. The summed E-state index contributed by atoms with van der Waals surface area (Å²) in [6.45, 7) is 6.01. The lowest BCUT2D eigenvalue weighted by molar-refractivity contribution is 0.0962. The number of hydrogen-bond donors (Lipinski definition) is 2. The molecule has 0 aromatic carbocycles. The number of hydrogen-bond acceptors (Lipinski definition) is 5. The van der Waals surface area contributed by atoms with Crippen LogP contribution in [0.15, 0.2) is 12.7 Å². The molecule has 2 rings (SSSR count). The fraction of sp³-hybridized carbons (Fsp3) is 0.538. The van der Waals surface area contributed by atoms with Crippen LogP contribution < -0.4 is 16.0 Å². The van der Waals surface area contributed by atoms with Crippen molar-refractivity contribution in [3.8, 4) is 0 Å². The summed E-state index contributed by atoms with van der Waals surface area (Å²) in [5.41, 5.74) is 5.85. The Morgan fingerprint density at radius 2 is 2.11 bits per heavy atom. The Morgan fingerprint density at radius 1 is 1.42 bits per heavy atom. The maximum absolute atomic E-state index is 11.9. The van der Waals surface area contributed by atoms with Crippen LogP contribution in [0.5, 0.6) is 0 Å². The third kappa shape index (κ3) is 3.47. The van der Waals surface area contributed by atoms with Crippen molar-refractivity contribution in [2.75, 3.05) is 30.3 Å². The van der Waals surface area contributed by atoms with Gasteiger partial charge in [0.15, 0.2) is 5.13 Å². The van der Waals surface area contributed by atoms with E-state index in [0.29, 0.717) is 17.2 Å². The number of thiazole rings is 1. The van der Waals surface area contributed by atoms with Gasteiger partial charge in [0.05, 0.1) is 0 Å². The van der Waals surface area contributed by atoms with Crippen LogP contribution in [0, 0.1) is 0 Å². The first kappa shape index (κ1) is 13.9. The van der Waals surface area contributed by atoms with E-state index in [4.69, 9.17) is 5.73 Å². The minimum Gasteiger partial charge on any atom is -0.382 e. The van der Waals surface area contributed by atoms with E-state index in [9.17, 15) is 4.79 Å². The molecule has 0 unspecified atom stereocenters. The molecule has 0 spiro atoms. The molecule has 3 N–H and O–H groups in total. The highest BCUT2D eigenvalue weighted by molar-refractivity contribution is 7.18. The largest absolute Gasteiger partial charge is 0.382 e. The number of nitrogen functional groups attached to an aromatic ring is 1. The van der Waals surface area contributed by atoms with Crippen molar-refractivity contribution in [3.63, 3.8) is 0 Å². The molecule has 0 bridgehead atoms. The minimum absolute atomic E-state index is 0.170. The summed E-state index contributed by atoms with van der Waals surface area (Å²) in [6.07, 6.45) is 6.54. The van der Waals surface area contributed by atoms with E-state index in [0.717, 1.165) is 18.2 Å². The Kier molecular flexibility index (Phi) is 4.79. The molecule has 1 aliphatic heterocycles. The van der Waals surface area contributed by atoms with Gasteiger partial charge in [-0.2, -0.15) is 0 Å². The molecule has 1 saturated heterocycles. The summed E-state index contributed by atoms with van der Waals surface area (Å²) in [5, 5.41) is 3.60. The normalized spacial score (nSPS) is 15.9. The van der Waals surface area contributed by atoms with E-state index in [1.807, 2.05) is 0 Å². The second-order valence-electron chi connectivity index (χ2n) is 4.61. The highest BCUT2D eigenvalue weighted by Gasteiger charge is 2.19. The Labute approximate surface area is 117 Å². The van der Waals surface area contributed by atoms with E-state index in [2.05, 4.69) is 21.8 Å². The van der Waals surface area contributed by atoms with E-state index in [1.165, 1.54) is 37.0 Å². The Hall–Kier alpha value is -1.56. The number of nitrogens with one attached hydrogen (secondary N) is 1. The summed E-state index contributed by atoms with van der Waals surface area (Å²) in [4.78, 5) is 19.0. The van der Waals surface area contributed by atoms with E-state index >= 15 is 0 Å². The number of nitrogens with two attached hydrogens (primary N) is 1. The molecule has 5 nitrogen and oxygen atoms in total. The van der Waals surface area contributed by atoms with Crippen molar-refractivity contribution in [1.82, 2.24) is 10.3 Å². The standard InChI is InChI=1S/C13H20N4OS/c1-2-7-15-12(18)10-11(14)16-13(19-10)17-8-5-3-4-6-9-17/h2H,1,3-9,14H2,(H,15,18). The Morgan fingerprint density at radius 3 is 2.74 bits per heavy atom. The van der Waals surface area contributed by atoms with Gasteiger partial charge >= 0.3 is 0 Å². The molecular weight excluding hydrogens is 260 g/mol. The lowest BCUT2D eigenvalue weighted by atomic mass is 10.2. The monoisotopic (exact) mass is 280 g/mol. The second kappa shape index (κ2) is 6.56. The van der Waals surface area contributed by atoms with Gasteiger partial charge in [-0.1, -0.05) is 30.3 Å². The van der Waals surface area contributed by atoms with Gasteiger partial charge in [-0.25, -0.2) is 4.98 Å². The zero-order chi connectivity index (χ0) is 13.7. The first-order chi connectivity index (χ1) is 9.22. The fourth-order valence-electron chi connectivity index (χ4n) is 2.13. The van der Waals surface area contributed by atoms with Gasteiger partial charge in [0.1, 0.15) is 10.7 Å². The highest BCUT2D eigenvalue weighted by atomic mass is 32.1. The second-order valence-corrected chi connectivity index (χ2v) is 5.59. The van der Waals surface area contributed by atoms with Gasteiger partial charge < -0.3 is 16.0 Å². The van der Waals surface area contributed by atoms with E-state index in [-0.39, 0.29) is 5.91 Å². The number of carbonyl (C=O) groups is 1. The lowest BCUT2D eigenvalue weighted by Crippen LogP contribution is -2.23. The number of anilines is 2. The minimum atomic E-state index is -0.170. The molecule has 1 aromatic rings. The Balaban J connectivity index is 2.10. The number of rotatable bonds is 4. The molecule has 1 aromatic heterocycles. The topological polar surface area (TPSA) is 71.2 Å². The molecule has 1 aliphatic rings. The highest BCUT2D eigenvalue weighted by Crippen LogP contribution is 2.29. The molecule has 0 saturated carbocycles. The molecule has 0 aliphatic carbocycles. The van der Waals surface area contributed by atoms with Crippen LogP contribution in [0.25, 0.3) is 0 Å².